The predicted octanol–water partition coefficient (Wildman–Crippen LogP) is 2.77. The Morgan fingerprint density at radius 2 is 1.89 bits per heavy atom. The summed E-state index contributed by atoms with van der Waals surface area (Å²) in [6.07, 6.45) is 6.32. The van der Waals surface area contributed by atoms with E-state index in [-0.39, 0.29) is 36.7 Å². The van der Waals surface area contributed by atoms with Gasteiger partial charge in [0.05, 0.1) is 12.2 Å². The third-order valence-electron chi connectivity index (χ3n) is 5.80. The molecule has 2 heterocycles. The Morgan fingerprint density at radius 3 is 2.60 bits per heavy atom. The number of nitrogens with one attached hydrogen (secondary N) is 2. The summed E-state index contributed by atoms with van der Waals surface area (Å²) >= 11 is 0. The van der Waals surface area contributed by atoms with Crippen molar-refractivity contribution in [3.63, 3.8) is 0 Å². The molecule has 0 aliphatic carbocycles. The fourth-order valence-corrected chi connectivity index (χ4v) is 3.87. The quantitative estimate of drug-likeness (QED) is 0.439. The van der Waals surface area contributed by atoms with Crippen molar-refractivity contribution in [2.75, 3.05) is 29.9 Å². The summed E-state index contributed by atoms with van der Waals surface area (Å²) in [5.41, 5.74) is 2.52. The lowest BCUT2D eigenvalue weighted by atomic mass is 10.1. The number of anilines is 2. The number of rotatable bonds is 10. The monoisotopic (exact) mass is 475 g/mol. The molecule has 182 valence electrons. The number of hydrogen-bond donors (Lipinski definition) is 2. The van der Waals surface area contributed by atoms with E-state index in [1.165, 1.54) is 0 Å². The fourth-order valence-electron chi connectivity index (χ4n) is 3.87. The van der Waals surface area contributed by atoms with Crippen LogP contribution in [0.15, 0.2) is 67.3 Å². The van der Waals surface area contributed by atoms with Crippen molar-refractivity contribution in [2.45, 2.75) is 26.3 Å². The molecule has 0 spiro atoms. The molecule has 35 heavy (non-hydrogen) atoms. The molecule has 0 unspecified atom stereocenters. The summed E-state index contributed by atoms with van der Waals surface area (Å²) < 4.78 is 7.52. The van der Waals surface area contributed by atoms with Gasteiger partial charge in [0.1, 0.15) is 5.75 Å². The third kappa shape index (κ3) is 6.69. The summed E-state index contributed by atoms with van der Waals surface area (Å²) in [5, 5.41) is 5.71. The highest BCUT2D eigenvalue weighted by molar-refractivity contribution is 6.00. The zero-order valence-corrected chi connectivity index (χ0v) is 19.6. The second-order valence-electron chi connectivity index (χ2n) is 8.55. The minimum Gasteiger partial charge on any atom is -0.484 e. The average Bonchev–Trinajstić information content (AvgIpc) is 3.52. The second kappa shape index (κ2) is 11.3. The number of aromatic nitrogens is 2. The first-order valence-electron chi connectivity index (χ1n) is 11.6. The van der Waals surface area contributed by atoms with E-state index in [4.69, 9.17) is 4.74 Å². The summed E-state index contributed by atoms with van der Waals surface area (Å²) in [5.74, 6) is -0.309. The molecule has 9 nitrogen and oxygen atoms in total. The van der Waals surface area contributed by atoms with Crippen molar-refractivity contribution in [1.82, 2.24) is 14.9 Å². The molecule has 0 radical (unpaired) electrons. The van der Waals surface area contributed by atoms with Crippen molar-refractivity contribution >= 4 is 29.1 Å². The van der Waals surface area contributed by atoms with E-state index in [0.29, 0.717) is 30.2 Å². The lowest BCUT2D eigenvalue weighted by Crippen LogP contribution is -2.33. The summed E-state index contributed by atoms with van der Waals surface area (Å²) in [6.45, 7) is 3.52. The number of hydrogen-bond acceptors (Lipinski definition) is 5. The Morgan fingerprint density at radius 1 is 1.11 bits per heavy atom. The molecule has 0 bridgehead atoms. The van der Waals surface area contributed by atoms with E-state index in [2.05, 4.69) is 15.6 Å². The molecule has 1 aromatic heterocycles. The first-order chi connectivity index (χ1) is 17.0. The molecular weight excluding hydrogens is 446 g/mol. The second-order valence-corrected chi connectivity index (χ2v) is 8.55. The average molecular weight is 476 g/mol. The molecule has 2 aromatic carbocycles. The molecule has 9 heteroatoms. The number of benzene rings is 2. The van der Waals surface area contributed by atoms with E-state index in [9.17, 15) is 14.4 Å². The molecule has 2 N–H and O–H groups in total. The van der Waals surface area contributed by atoms with Crippen LogP contribution in [0.1, 0.15) is 18.4 Å². The molecule has 4 rings (SSSR count). The Balaban J connectivity index is 1.21. The van der Waals surface area contributed by atoms with Crippen LogP contribution in [0, 0.1) is 12.8 Å². The van der Waals surface area contributed by atoms with Gasteiger partial charge < -0.3 is 24.8 Å². The number of ether oxygens (including phenoxy) is 1. The van der Waals surface area contributed by atoms with Crippen LogP contribution in [0.25, 0.3) is 0 Å². The van der Waals surface area contributed by atoms with Crippen LogP contribution in [0.2, 0.25) is 0 Å². The van der Waals surface area contributed by atoms with Gasteiger partial charge in [-0.3, -0.25) is 14.4 Å². The van der Waals surface area contributed by atoms with Crippen molar-refractivity contribution in [3.05, 3.63) is 72.8 Å². The van der Waals surface area contributed by atoms with Gasteiger partial charge in [-0.25, -0.2) is 4.98 Å². The highest BCUT2D eigenvalue weighted by Crippen LogP contribution is 2.27. The van der Waals surface area contributed by atoms with Crippen LogP contribution >= 0.6 is 0 Å². The van der Waals surface area contributed by atoms with E-state index >= 15 is 0 Å². The normalized spacial score (nSPS) is 15.2. The van der Waals surface area contributed by atoms with E-state index in [0.717, 1.165) is 18.5 Å². The van der Waals surface area contributed by atoms with Crippen molar-refractivity contribution < 1.29 is 19.1 Å². The number of carbonyl (C=O) groups excluding carboxylic acids is 3. The first-order valence-corrected chi connectivity index (χ1v) is 11.6. The van der Waals surface area contributed by atoms with Gasteiger partial charge in [-0.15, -0.1) is 0 Å². The van der Waals surface area contributed by atoms with Gasteiger partial charge >= 0.3 is 0 Å². The lowest BCUT2D eigenvalue weighted by molar-refractivity contribution is -0.126. The minimum atomic E-state index is -0.378. The van der Waals surface area contributed by atoms with E-state index < -0.39 is 0 Å². The van der Waals surface area contributed by atoms with Crippen LogP contribution in [-0.4, -0.2) is 47.0 Å². The summed E-state index contributed by atoms with van der Waals surface area (Å²) in [6, 6.07) is 14.5. The zero-order valence-electron chi connectivity index (χ0n) is 19.6. The molecule has 1 aliphatic heterocycles. The molecule has 3 aromatic rings. The minimum absolute atomic E-state index is 0.0882. The van der Waals surface area contributed by atoms with Gasteiger partial charge in [-0.05, 0) is 49.7 Å². The molecule has 1 fully saturated rings. The van der Waals surface area contributed by atoms with Gasteiger partial charge in [-0.1, -0.05) is 17.7 Å². The number of amides is 3. The summed E-state index contributed by atoms with van der Waals surface area (Å²) in [4.78, 5) is 42.8. The van der Waals surface area contributed by atoms with Gasteiger partial charge in [-0.2, -0.15) is 0 Å². The van der Waals surface area contributed by atoms with Crippen LogP contribution < -0.4 is 20.3 Å². The maximum Gasteiger partial charge on any atom is 0.262 e. The standard InChI is InChI=1S/C26H29N5O4/c1-19-3-5-21(6-4-19)29-24(32)17-35-23-9-7-22(8-10-23)31-16-20(15-25(31)33)26(34)28-11-2-13-30-14-12-27-18-30/h3-10,12,14,18,20H,2,11,13,15-17H2,1H3,(H,28,34)(H,29,32)/t20-/m1/s1. The lowest BCUT2D eigenvalue weighted by Gasteiger charge is -2.17. The highest BCUT2D eigenvalue weighted by atomic mass is 16.5. The number of aryl methyl sites for hydroxylation is 2. The SMILES string of the molecule is Cc1ccc(NC(=O)COc2ccc(N3C[C@H](C(=O)NCCCn4ccnc4)CC3=O)cc2)cc1. The number of imidazole rings is 1. The van der Waals surface area contributed by atoms with Crippen molar-refractivity contribution in [3.8, 4) is 5.75 Å². The van der Waals surface area contributed by atoms with Crippen LogP contribution in [0.3, 0.4) is 0 Å². The molecule has 3 amide bonds. The Labute approximate surface area is 204 Å². The predicted molar refractivity (Wildman–Crippen MR) is 132 cm³/mol. The summed E-state index contributed by atoms with van der Waals surface area (Å²) in [7, 11) is 0. The van der Waals surface area contributed by atoms with E-state index in [1.807, 2.05) is 42.0 Å². The van der Waals surface area contributed by atoms with Crippen LogP contribution in [-0.2, 0) is 20.9 Å². The van der Waals surface area contributed by atoms with E-state index in [1.54, 1.807) is 41.7 Å². The van der Waals surface area contributed by atoms with Gasteiger partial charge in [0.25, 0.3) is 5.91 Å². The maximum absolute atomic E-state index is 12.5. The zero-order chi connectivity index (χ0) is 24.6. The first kappa shape index (κ1) is 24.0. The Bertz CT molecular complexity index is 1140. The highest BCUT2D eigenvalue weighted by Gasteiger charge is 2.34. The molecule has 1 saturated heterocycles. The molecule has 1 aliphatic rings. The molecular formula is C26H29N5O4. The van der Waals surface area contributed by atoms with Gasteiger partial charge in [0.2, 0.25) is 11.8 Å². The topological polar surface area (TPSA) is 106 Å². The van der Waals surface area contributed by atoms with Crippen LogP contribution in [0.5, 0.6) is 5.75 Å². The van der Waals surface area contributed by atoms with Crippen LogP contribution in [0.4, 0.5) is 11.4 Å². The smallest absolute Gasteiger partial charge is 0.262 e. The Kier molecular flexibility index (Phi) is 7.77. The Hall–Kier alpha value is -4.14. The van der Waals surface area contributed by atoms with Crippen molar-refractivity contribution in [2.24, 2.45) is 5.92 Å². The van der Waals surface area contributed by atoms with Gasteiger partial charge in [0, 0.05) is 49.8 Å². The number of nitrogens with zero attached hydrogens (tertiary/aromatic N) is 3. The maximum atomic E-state index is 12.5. The number of carbonyl (C=O) groups is 3. The largest absolute Gasteiger partial charge is 0.484 e. The fraction of sp³-hybridized carbons (Fsp3) is 0.308. The van der Waals surface area contributed by atoms with Gasteiger partial charge in [0.15, 0.2) is 6.61 Å². The molecule has 1 atom stereocenters. The third-order valence-corrected chi connectivity index (χ3v) is 5.80. The molecule has 0 saturated carbocycles. The van der Waals surface area contributed by atoms with Crippen molar-refractivity contribution in [1.29, 1.82) is 0 Å².